The molecule has 0 aliphatic carbocycles. The third kappa shape index (κ3) is 2.17. The molecule has 0 atom stereocenters. The molecule has 85 valence electrons. The summed E-state index contributed by atoms with van der Waals surface area (Å²) >= 11 is 0. The number of rotatable bonds is 3. The third-order valence-corrected chi connectivity index (χ3v) is 2.52. The van der Waals surface area contributed by atoms with Crippen LogP contribution in [0.4, 0.5) is 5.69 Å². The fourth-order valence-electron chi connectivity index (χ4n) is 1.64. The molecule has 0 bridgehead atoms. The number of anilines is 1. The van der Waals surface area contributed by atoms with Crippen molar-refractivity contribution in [3.63, 3.8) is 0 Å². The number of nitrogens with zero attached hydrogens (tertiary/aromatic N) is 2. The van der Waals surface area contributed by atoms with Gasteiger partial charge in [0.2, 0.25) is 0 Å². The minimum atomic E-state index is 0.0144. The van der Waals surface area contributed by atoms with Gasteiger partial charge < -0.3 is 14.5 Å². The van der Waals surface area contributed by atoms with Crippen LogP contribution in [0.15, 0.2) is 18.2 Å². The van der Waals surface area contributed by atoms with Crippen molar-refractivity contribution < 1.29 is 9.53 Å². The Hall–Kier alpha value is -1.55. The highest BCUT2D eigenvalue weighted by Gasteiger charge is 2.24. The Morgan fingerprint density at radius 1 is 1.56 bits per heavy atom. The van der Waals surface area contributed by atoms with E-state index in [0.717, 1.165) is 18.0 Å². The van der Waals surface area contributed by atoms with Crippen LogP contribution in [0, 0.1) is 6.07 Å². The highest BCUT2D eigenvalue weighted by molar-refractivity contribution is 5.97. The van der Waals surface area contributed by atoms with Crippen LogP contribution in [0.25, 0.3) is 0 Å². The fraction of sp³-hybridized carbons (Fsp3) is 0.417. The van der Waals surface area contributed by atoms with E-state index in [9.17, 15) is 4.79 Å². The molecule has 0 saturated heterocycles. The lowest BCUT2D eigenvalue weighted by molar-refractivity contribution is -0.121. The molecule has 0 aromatic heterocycles. The molecule has 1 aromatic rings. The van der Waals surface area contributed by atoms with Crippen LogP contribution in [-0.4, -0.2) is 44.6 Å². The van der Waals surface area contributed by atoms with Gasteiger partial charge in [-0.3, -0.25) is 4.79 Å². The molecule has 16 heavy (non-hydrogen) atoms. The Labute approximate surface area is 95.4 Å². The van der Waals surface area contributed by atoms with E-state index in [2.05, 4.69) is 11.0 Å². The number of fused-ring (bicyclic) bond motifs is 1. The van der Waals surface area contributed by atoms with Crippen molar-refractivity contribution in [2.45, 2.75) is 0 Å². The van der Waals surface area contributed by atoms with E-state index >= 15 is 0 Å². The van der Waals surface area contributed by atoms with Crippen LogP contribution < -0.4 is 9.64 Å². The highest BCUT2D eigenvalue weighted by atomic mass is 16.5. The number of amides is 1. The summed E-state index contributed by atoms with van der Waals surface area (Å²) in [6, 6.07) is 8.37. The van der Waals surface area contributed by atoms with Crippen molar-refractivity contribution in [3.05, 3.63) is 24.3 Å². The van der Waals surface area contributed by atoms with Crippen LogP contribution in [0.1, 0.15) is 0 Å². The molecule has 1 aliphatic rings. The van der Waals surface area contributed by atoms with Crippen molar-refractivity contribution in [2.24, 2.45) is 0 Å². The van der Waals surface area contributed by atoms with Crippen molar-refractivity contribution in [1.82, 2.24) is 4.90 Å². The van der Waals surface area contributed by atoms with Gasteiger partial charge >= 0.3 is 0 Å². The quantitative estimate of drug-likeness (QED) is 0.753. The summed E-state index contributed by atoms with van der Waals surface area (Å²) < 4.78 is 5.34. The second-order valence-electron chi connectivity index (χ2n) is 4.03. The van der Waals surface area contributed by atoms with Crippen molar-refractivity contribution in [3.8, 4) is 5.75 Å². The zero-order valence-electron chi connectivity index (χ0n) is 9.56. The summed E-state index contributed by atoms with van der Waals surface area (Å²) in [6.07, 6.45) is 0. The van der Waals surface area contributed by atoms with Gasteiger partial charge in [-0.25, -0.2) is 0 Å². The maximum atomic E-state index is 11.7. The third-order valence-electron chi connectivity index (χ3n) is 2.52. The van der Waals surface area contributed by atoms with E-state index in [1.165, 1.54) is 0 Å². The second-order valence-corrected chi connectivity index (χ2v) is 4.03. The van der Waals surface area contributed by atoms with Crippen molar-refractivity contribution in [1.29, 1.82) is 0 Å². The summed E-state index contributed by atoms with van der Waals surface area (Å²) in [5.41, 5.74) is 0.844. The van der Waals surface area contributed by atoms with Crippen LogP contribution >= 0.6 is 0 Å². The molecule has 1 heterocycles. The molecule has 4 heteroatoms. The van der Waals surface area contributed by atoms with Crippen LogP contribution in [0.5, 0.6) is 5.75 Å². The zero-order valence-corrected chi connectivity index (χ0v) is 9.56. The predicted octanol–water partition coefficient (Wildman–Crippen LogP) is 0.774. The first-order valence-electron chi connectivity index (χ1n) is 5.26. The highest BCUT2D eigenvalue weighted by Crippen LogP contribution is 2.30. The predicted molar refractivity (Wildman–Crippen MR) is 61.7 cm³/mol. The molecule has 0 fully saturated rings. The van der Waals surface area contributed by atoms with Crippen molar-refractivity contribution in [2.75, 3.05) is 38.7 Å². The van der Waals surface area contributed by atoms with E-state index in [1.54, 1.807) is 17.0 Å². The lowest BCUT2D eigenvalue weighted by Gasteiger charge is -2.30. The number of hydrogen-bond donors (Lipinski definition) is 0. The first-order chi connectivity index (χ1) is 7.68. The van der Waals surface area contributed by atoms with Crippen LogP contribution in [-0.2, 0) is 4.79 Å². The first kappa shape index (κ1) is 11.0. The minimum absolute atomic E-state index is 0.0144. The second kappa shape index (κ2) is 4.53. The van der Waals surface area contributed by atoms with E-state index < -0.39 is 0 Å². The standard InChI is InChI=1S/C12H15N2O2/c1-13(2)7-8-14-10-5-3-4-6-11(10)16-9-12(14)15/h3,5-6H,7-9H2,1-2H3. The Bertz CT molecular complexity index is 390. The molecule has 0 N–H and O–H groups in total. The summed E-state index contributed by atoms with van der Waals surface area (Å²) in [5, 5.41) is 0. The molecule has 0 unspecified atom stereocenters. The number of carbonyl (C=O) groups excluding carboxylic acids is 1. The number of benzene rings is 1. The van der Waals surface area contributed by atoms with Crippen molar-refractivity contribution >= 4 is 11.6 Å². The van der Waals surface area contributed by atoms with Gasteiger partial charge in [-0.15, -0.1) is 0 Å². The summed E-state index contributed by atoms with van der Waals surface area (Å²) in [5.74, 6) is 0.751. The Balaban J connectivity index is 2.19. The van der Waals surface area contributed by atoms with Gasteiger partial charge in [0.1, 0.15) is 5.75 Å². The maximum Gasteiger partial charge on any atom is 0.265 e. The topological polar surface area (TPSA) is 32.8 Å². The van der Waals surface area contributed by atoms with Gasteiger partial charge in [-0.1, -0.05) is 6.07 Å². The van der Waals surface area contributed by atoms with Gasteiger partial charge in [-0.05, 0) is 32.3 Å². The van der Waals surface area contributed by atoms with Gasteiger partial charge in [0.05, 0.1) is 5.69 Å². The monoisotopic (exact) mass is 219 g/mol. The van der Waals surface area contributed by atoms with E-state index in [0.29, 0.717) is 6.54 Å². The fourth-order valence-corrected chi connectivity index (χ4v) is 1.64. The largest absolute Gasteiger partial charge is 0.482 e. The Morgan fingerprint density at radius 2 is 2.38 bits per heavy atom. The molecule has 0 saturated carbocycles. The Morgan fingerprint density at radius 3 is 3.12 bits per heavy atom. The zero-order chi connectivity index (χ0) is 11.5. The SMILES string of the molecule is CN(C)CCN1C(=O)COc2c[c]ccc21. The maximum absolute atomic E-state index is 11.7. The van der Waals surface area contributed by atoms with E-state index in [4.69, 9.17) is 4.74 Å². The van der Waals surface area contributed by atoms with Gasteiger partial charge in [0.15, 0.2) is 6.61 Å². The average molecular weight is 219 g/mol. The Kier molecular flexibility index (Phi) is 3.10. The normalized spacial score (nSPS) is 14.9. The number of carbonyl (C=O) groups is 1. The summed E-state index contributed by atoms with van der Waals surface area (Å²) in [6.45, 7) is 1.65. The molecule has 1 amide bonds. The molecule has 4 nitrogen and oxygen atoms in total. The first-order valence-corrected chi connectivity index (χ1v) is 5.26. The smallest absolute Gasteiger partial charge is 0.265 e. The molecule has 2 rings (SSSR count). The van der Waals surface area contributed by atoms with Gasteiger partial charge in [0.25, 0.3) is 5.91 Å². The molecular weight excluding hydrogens is 204 g/mol. The van der Waals surface area contributed by atoms with E-state index in [-0.39, 0.29) is 12.5 Å². The molecule has 1 aliphatic heterocycles. The lowest BCUT2D eigenvalue weighted by atomic mass is 10.2. The average Bonchev–Trinajstić information content (AvgIpc) is 2.27. The summed E-state index contributed by atoms with van der Waals surface area (Å²) in [4.78, 5) is 15.6. The van der Waals surface area contributed by atoms with Crippen LogP contribution in [0.2, 0.25) is 0 Å². The lowest BCUT2D eigenvalue weighted by Crippen LogP contribution is -2.42. The minimum Gasteiger partial charge on any atom is -0.482 e. The summed E-state index contributed by atoms with van der Waals surface area (Å²) in [7, 11) is 3.98. The van der Waals surface area contributed by atoms with Crippen LogP contribution in [0.3, 0.4) is 0 Å². The number of hydrogen-bond acceptors (Lipinski definition) is 3. The molecule has 1 radical (unpaired) electrons. The molecular formula is C12H15N2O2. The molecule has 1 aromatic carbocycles. The number of ether oxygens (including phenoxy) is 1. The van der Waals surface area contributed by atoms with Gasteiger partial charge in [-0.2, -0.15) is 0 Å². The number of likely N-dealkylation sites (N-methyl/N-ethyl adjacent to an activating group) is 1. The van der Waals surface area contributed by atoms with E-state index in [1.807, 2.05) is 20.2 Å². The van der Waals surface area contributed by atoms with Gasteiger partial charge in [0, 0.05) is 13.1 Å². The molecule has 0 spiro atoms.